The van der Waals surface area contributed by atoms with Crippen LogP contribution in [-0.2, 0) is 9.53 Å². The van der Waals surface area contributed by atoms with Gasteiger partial charge < -0.3 is 21.0 Å². The summed E-state index contributed by atoms with van der Waals surface area (Å²) in [6, 6.07) is 3.65. The van der Waals surface area contributed by atoms with E-state index in [4.69, 9.17) is 15.7 Å². The van der Waals surface area contributed by atoms with Crippen LogP contribution in [0.4, 0.5) is 10.1 Å². The number of oxime groups is 1. The fourth-order valence-corrected chi connectivity index (χ4v) is 1.87. The largest absolute Gasteiger partial charge is 0.409 e. The predicted octanol–water partition coefficient (Wildman–Crippen LogP) is 0.895. The van der Waals surface area contributed by atoms with Crippen molar-refractivity contribution in [2.24, 2.45) is 16.8 Å². The quantitative estimate of drug-likeness (QED) is 0.328. The number of nitrogens with one attached hydrogen (secondary N) is 1. The molecule has 0 aliphatic carbocycles. The van der Waals surface area contributed by atoms with Gasteiger partial charge in [0, 0.05) is 12.2 Å². The van der Waals surface area contributed by atoms with E-state index in [0.29, 0.717) is 25.3 Å². The monoisotopic (exact) mass is 267 g/mol. The number of hydrogen-bond acceptors (Lipinski definition) is 4. The fraction of sp³-hybridized carbons (Fsp3) is 0.333. The maximum absolute atomic E-state index is 13.2. The van der Waals surface area contributed by atoms with Crippen LogP contribution in [0.1, 0.15) is 12.0 Å². The highest BCUT2D eigenvalue weighted by Gasteiger charge is 2.24. The number of rotatable bonds is 3. The minimum Gasteiger partial charge on any atom is -0.409 e. The normalized spacial score (nSPS) is 19.4. The van der Waals surface area contributed by atoms with Crippen LogP contribution in [0.5, 0.6) is 0 Å². The van der Waals surface area contributed by atoms with Gasteiger partial charge in [0.15, 0.2) is 5.84 Å². The zero-order valence-electron chi connectivity index (χ0n) is 10.1. The second-order valence-corrected chi connectivity index (χ2v) is 4.22. The summed E-state index contributed by atoms with van der Waals surface area (Å²) in [5, 5.41) is 14.1. The minimum absolute atomic E-state index is 0.134. The first-order valence-electron chi connectivity index (χ1n) is 5.78. The van der Waals surface area contributed by atoms with E-state index in [0.717, 1.165) is 6.07 Å². The Kier molecular flexibility index (Phi) is 3.96. The topological polar surface area (TPSA) is 96.9 Å². The maximum atomic E-state index is 13.2. The number of nitrogens with two attached hydrogens (primary N) is 1. The van der Waals surface area contributed by atoms with E-state index in [1.165, 1.54) is 12.1 Å². The molecular weight excluding hydrogens is 253 g/mol. The second kappa shape index (κ2) is 5.66. The Balaban J connectivity index is 2.21. The third-order valence-electron chi connectivity index (χ3n) is 2.92. The molecule has 1 atom stereocenters. The van der Waals surface area contributed by atoms with Crippen molar-refractivity contribution in [2.45, 2.75) is 6.42 Å². The molecule has 0 aromatic heterocycles. The van der Waals surface area contributed by atoms with E-state index in [1.54, 1.807) is 0 Å². The highest BCUT2D eigenvalue weighted by Crippen LogP contribution is 2.20. The number of ether oxygens (including phenoxy) is 1. The van der Waals surface area contributed by atoms with Crippen molar-refractivity contribution in [3.05, 3.63) is 29.6 Å². The summed E-state index contributed by atoms with van der Waals surface area (Å²) in [7, 11) is 0. The van der Waals surface area contributed by atoms with Gasteiger partial charge in [-0.05, 0) is 24.6 Å². The van der Waals surface area contributed by atoms with Gasteiger partial charge in [0.05, 0.1) is 18.2 Å². The second-order valence-electron chi connectivity index (χ2n) is 4.22. The Morgan fingerprint density at radius 1 is 1.58 bits per heavy atom. The SMILES string of the molecule is N/C(=N/O)c1cc(F)ccc1NC(=O)C1CCOC1. The molecule has 1 heterocycles. The highest BCUT2D eigenvalue weighted by molar-refractivity contribution is 6.05. The number of carbonyl (C=O) groups is 1. The molecule has 2 rings (SSSR count). The van der Waals surface area contributed by atoms with Gasteiger partial charge in [0.25, 0.3) is 0 Å². The standard InChI is InChI=1S/C12H14FN3O3/c13-8-1-2-10(9(5-8)11(14)16-18)15-12(17)7-3-4-19-6-7/h1-2,5,7,18H,3-4,6H2,(H2,14,16)(H,15,17). The maximum Gasteiger partial charge on any atom is 0.229 e. The Bertz CT molecular complexity index is 513. The molecule has 1 fully saturated rings. The van der Waals surface area contributed by atoms with E-state index < -0.39 is 5.82 Å². The molecule has 1 aliphatic heterocycles. The first kappa shape index (κ1) is 13.3. The number of carbonyl (C=O) groups excluding carboxylic acids is 1. The molecule has 0 saturated carbocycles. The summed E-state index contributed by atoms with van der Waals surface area (Å²) >= 11 is 0. The van der Waals surface area contributed by atoms with Gasteiger partial charge in [-0.3, -0.25) is 4.79 Å². The number of hydrogen-bond donors (Lipinski definition) is 3. The van der Waals surface area contributed by atoms with Crippen molar-refractivity contribution >= 4 is 17.4 Å². The third-order valence-corrected chi connectivity index (χ3v) is 2.92. The van der Waals surface area contributed by atoms with Crippen molar-refractivity contribution < 1.29 is 19.1 Å². The van der Waals surface area contributed by atoms with E-state index in [2.05, 4.69) is 10.5 Å². The Morgan fingerprint density at radius 3 is 3.00 bits per heavy atom. The van der Waals surface area contributed by atoms with E-state index in [1.807, 2.05) is 0 Å². The molecule has 7 heteroatoms. The number of amides is 1. The molecule has 4 N–H and O–H groups in total. The van der Waals surface area contributed by atoms with Crippen LogP contribution >= 0.6 is 0 Å². The first-order valence-corrected chi connectivity index (χ1v) is 5.78. The van der Waals surface area contributed by atoms with Gasteiger partial charge in [-0.2, -0.15) is 0 Å². The van der Waals surface area contributed by atoms with Crippen LogP contribution in [0, 0.1) is 11.7 Å². The van der Waals surface area contributed by atoms with Gasteiger partial charge in [-0.25, -0.2) is 4.39 Å². The van der Waals surface area contributed by atoms with Crippen LogP contribution in [0.15, 0.2) is 23.4 Å². The smallest absolute Gasteiger partial charge is 0.229 e. The number of benzene rings is 1. The Labute approximate surface area is 109 Å². The summed E-state index contributed by atoms with van der Waals surface area (Å²) in [6.07, 6.45) is 0.645. The molecule has 19 heavy (non-hydrogen) atoms. The van der Waals surface area contributed by atoms with Gasteiger partial charge in [0.2, 0.25) is 5.91 Å². The van der Waals surface area contributed by atoms with Crippen LogP contribution < -0.4 is 11.1 Å². The summed E-state index contributed by atoms with van der Waals surface area (Å²) in [5.74, 6) is -1.26. The summed E-state index contributed by atoms with van der Waals surface area (Å²) in [5.41, 5.74) is 5.88. The highest BCUT2D eigenvalue weighted by atomic mass is 19.1. The molecule has 1 unspecified atom stereocenters. The Hall–Kier alpha value is -2.15. The Morgan fingerprint density at radius 2 is 2.37 bits per heavy atom. The average molecular weight is 267 g/mol. The van der Waals surface area contributed by atoms with Crippen molar-refractivity contribution in [3.63, 3.8) is 0 Å². The zero-order chi connectivity index (χ0) is 13.8. The first-order chi connectivity index (χ1) is 9.11. The number of amidine groups is 1. The van der Waals surface area contributed by atoms with E-state index in [-0.39, 0.29) is 23.2 Å². The number of halogens is 1. The molecule has 6 nitrogen and oxygen atoms in total. The molecule has 1 amide bonds. The molecule has 102 valence electrons. The van der Waals surface area contributed by atoms with Crippen molar-refractivity contribution in [1.29, 1.82) is 0 Å². The molecule has 1 saturated heterocycles. The van der Waals surface area contributed by atoms with E-state index >= 15 is 0 Å². The predicted molar refractivity (Wildman–Crippen MR) is 66.5 cm³/mol. The van der Waals surface area contributed by atoms with Gasteiger partial charge in [0.1, 0.15) is 5.82 Å². The van der Waals surface area contributed by atoms with Crippen molar-refractivity contribution in [2.75, 3.05) is 18.5 Å². The lowest BCUT2D eigenvalue weighted by molar-refractivity contribution is -0.119. The van der Waals surface area contributed by atoms with Gasteiger partial charge in [-0.15, -0.1) is 0 Å². The minimum atomic E-state index is -0.538. The average Bonchev–Trinajstić information content (AvgIpc) is 2.94. The molecule has 1 aromatic carbocycles. The van der Waals surface area contributed by atoms with Crippen LogP contribution in [-0.4, -0.2) is 30.2 Å². The summed E-state index contributed by atoms with van der Waals surface area (Å²) in [4.78, 5) is 11.9. The molecule has 1 aliphatic rings. The lowest BCUT2D eigenvalue weighted by Gasteiger charge is -2.12. The lowest BCUT2D eigenvalue weighted by atomic mass is 10.1. The van der Waals surface area contributed by atoms with Gasteiger partial charge in [-0.1, -0.05) is 5.16 Å². The van der Waals surface area contributed by atoms with Crippen molar-refractivity contribution in [3.8, 4) is 0 Å². The fourth-order valence-electron chi connectivity index (χ4n) is 1.87. The van der Waals surface area contributed by atoms with Crippen LogP contribution in [0.2, 0.25) is 0 Å². The van der Waals surface area contributed by atoms with E-state index in [9.17, 15) is 9.18 Å². The summed E-state index contributed by atoms with van der Waals surface area (Å²) in [6.45, 7) is 0.917. The molecule has 0 spiro atoms. The third kappa shape index (κ3) is 3.00. The summed E-state index contributed by atoms with van der Waals surface area (Å²) < 4.78 is 18.3. The number of anilines is 1. The van der Waals surface area contributed by atoms with Crippen LogP contribution in [0.3, 0.4) is 0 Å². The van der Waals surface area contributed by atoms with Crippen molar-refractivity contribution in [1.82, 2.24) is 0 Å². The van der Waals surface area contributed by atoms with Gasteiger partial charge >= 0.3 is 0 Å². The molecule has 0 bridgehead atoms. The van der Waals surface area contributed by atoms with Crippen LogP contribution in [0.25, 0.3) is 0 Å². The molecule has 1 aromatic rings. The number of nitrogens with zero attached hydrogens (tertiary/aromatic N) is 1. The molecule has 0 radical (unpaired) electrons. The molecular formula is C12H14FN3O3. The lowest BCUT2D eigenvalue weighted by Crippen LogP contribution is -2.25. The zero-order valence-corrected chi connectivity index (χ0v) is 10.1.